The second kappa shape index (κ2) is 5.87. The molecular weight excluding hydrogens is 244 g/mol. The lowest BCUT2D eigenvalue weighted by Crippen LogP contribution is -1.93. The summed E-state index contributed by atoms with van der Waals surface area (Å²) in [5.74, 6) is 0. The van der Waals surface area contributed by atoms with E-state index in [2.05, 4.69) is 0 Å². The molecule has 0 saturated heterocycles. The Labute approximate surface area is 119 Å². The quantitative estimate of drug-likeness (QED) is 0.759. The van der Waals surface area contributed by atoms with Crippen LogP contribution in [0.4, 0.5) is 0 Å². The van der Waals surface area contributed by atoms with Gasteiger partial charge in [-0.15, -0.1) is 0 Å². The smallest absolute Gasteiger partial charge is 0.138 e. The van der Waals surface area contributed by atoms with Gasteiger partial charge in [0.1, 0.15) is 17.7 Å². The summed E-state index contributed by atoms with van der Waals surface area (Å²) in [6.07, 6.45) is 0. The highest BCUT2D eigenvalue weighted by atomic mass is 14.3. The summed E-state index contributed by atoms with van der Waals surface area (Å²) in [5.41, 5.74) is 4.83. The number of hydrogen-bond acceptors (Lipinski definition) is 2. The molecule has 2 heteroatoms. The third kappa shape index (κ3) is 2.76. The molecule has 0 aromatic heterocycles. The van der Waals surface area contributed by atoms with E-state index < -0.39 is 0 Å². The molecule has 20 heavy (non-hydrogen) atoms. The maximum atomic E-state index is 9.23. The Kier molecular flexibility index (Phi) is 3.99. The van der Waals surface area contributed by atoms with Gasteiger partial charge in [0.05, 0.1) is 0 Å². The van der Waals surface area contributed by atoms with Crippen molar-refractivity contribution in [2.24, 2.45) is 0 Å². The number of aryl methyl sites for hydroxylation is 2. The van der Waals surface area contributed by atoms with Crippen LogP contribution < -0.4 is 0 Å². The van der Waals surface area contributed by atoms with Crippen molar-refractivity contribution in [1.82, 2.24) is 0 Å². The van der Waals surface area contributed by atoms with Crippen molar-refractivity contribution >= 4 is 5.57 Å². The van der Waals surface area contributed by atoms with Crippen LogP contribution in [-0.2, 0) is 0 Å². The zero-order valence-electron chi connectivity index (χ0n) is 11.5. The van der Waals surface area contributed by atoms with Crippen LogP contribution in [0.15, 0.2) is 54.1 Å². The molecule has 0 radical (unpaired) electrons. The van der Waals surface area contributed by atoms with Gasteiger partial charge in [0, 0.05) is 5.57 Å². The van der Waals surface area contributed by atoms with Gasteiger partial charge in [0.25, 0.3) is 0 Å². The van der Waals surface area contributed by atoms with E-state index in [1.54, 1.807) is 0 Å². The van der Waals surface area contributed by atoms with E-state index in [0.717, 1.165) is 22.3 Å². The first-order valence-electron chi connectivity index (χ1n) is 6.34. The van der Waals surface area contributed by atoms with E-state index in [1.807, 2.05) is 74.5 Å². The number of allylic oxidation sites excluding steroid dienone is 1. The van der Waals surface area contributed by atoms with Crippen molar-refractivity contribution in [3.05, 3.63) is 76.4 Å². The highest BCUT2D eigenvalue weighted by Crippen LogP contribution is 2.27. The lowest BCUT2D eigenvalue weighted by molar-refractivity contribution is 1.40. The van der Waals surface area contributed by atoms with Gasteiger partial charge in [-0.2, -0.15) is 10.5 Å². The van der Waals surface area contributed by atoms with E-state index in [1.165, 1.54) is 0 Å². The lowest BCUT2D eigenvalue weighted by atomic mass is 9.92. The lowest BCUT2D eigenvalue weighted by Gasteiger charge is -2.10. The summed E-state index contributed by atoms with van der Waals surface area (Å²) >= 11 is 0. The number of nitriles is 2. The molecule has 2 aromatic rings. The molecule has 0 heterocycles. The predicted molar refractivity (Wildman–Crippen MR) is 79.6 cm³/mol. The standard InChI is InChI=1S/C18H14N2/c1-13-5-3-7-15(9-13)18(17(11-19)12-20)16-8-4-6-14(2)10-16/h3-10H,1-2H3. The Morgan fingerprint density at radius 3 is 1.60 bits per heavy atom. The molecular formula is C18H14N2. The zero-order chi connectivity index (χ0) is 14.5. The topological polar surface area (TPSA) is 47.6 Å². The van der Waals surface area contributed by atoms with Gasteiger partial charge in [-0.1, -0.05) is 59.7 Å². The summed E-state index contributed by atoms with van der Waals surface area (Å²) in [6, 6.07) is 19.7. The second-order valence-electron chi connectivity index (χ2n) is 4.71. The summed E-state index contributed by atoms with van der Waals surface area (Å²) < 4.78 is 0. The molecule has 0 bridgehead atoms. The molecule has 2 aromatic carbocycles. The monoisotopic (exact) mass is 258 g/mol. The Hall–Kier alpha value is -2.84. The Bertz CT molecular complexity index is 692. The minimum Gasteiger partial charge on any atom is -0.192 e. The molecule has 0 atom stereocenters. The fourth-order valence-electron chi connectivity index (χ4n) is 2.19. The minimum absolute atomic E-state index is 0.140. The number of benzene rings is 2. The van der Waals surface area contributed by atoms with Crippen molar-refractivity contribution in [1.29, 1.82) is 10.5 Å². The Morgan fingerprint density at radius 1 is 0.800 bits per heavy atom. The minimum atomic E-state index is 0.140. The molecule has 96 valence electrons. The first-order valence-corrected chi connectivity index (χ1v) is 6.34. The number of hydrogen-bond donors (Lipinski definition) is 0. The normalized spacial score (nSPS) is 9.40. The fraction of sp³-hybridized carbons (Fsp3) is 0.111. The average Bonchev–Trinajstić information content (AvgIpc) is 2.44. The van der Waals surface area contributed by atoms with Gasteiger partial charge < -0.3 is 0 Å². The predicted octanol–water partition coefficient (Wildman–Crippen LogP) is 4.15. The van der Waals surface area contributed by atoms with E-state index >= 15 is 0 Å². The first kappa shape index (κ1) is 13.6. The van der Waals surface area contributed by atoms with Gasteiger partial charge in [-0.05, 0) is 25.0 Å². The van der Waals surface area contributed by atoms with Crippen LogP contribution in [0.5, 0.6) is 0 Å². The third-order valence-corrected chi connectivity index (χ3v) is 3.09. The van der Waals surface area contributed by atoms with Crippen molar-refractivity contribution < 1.29 is 0 Å². The third-order valence-electron chi connectivity index (χ3n) is 3.09. The van der Waals surface area contributed by atoms with Gasteiger partial charge in [-0.3, -0.25) is 0 Å². The zero-order valence-corrected chi connectivity index (χ0v) is 11.5. The molecule has 0 aliphatic carbocycles. The molecule has 0 aliphatic rings. The van der Waals surface area contributed by atoms with Crippen LogP contribution >= 0.6 is 0 Å². The van der Waals surface area contributed by atoms with E-state index in [0.29, 0.717) is 5.57 Å². The maximum Gasteiger partial charge on any atom is 0.138 e. The van der Waals surface area contributed by atoms with Crippen LogP contribution in [0.25, 0.3) is 5.57 Å². The molecule has 0 unspecified atom stereocenters. The van der Waals surface area contributed by atoms with Gasteiger partial charge >= 0.3 is 0 Å². The average molecular weight is 258 g/mol. The number of nitrogens with zero attached hydrogens (tertiary/aromatic N) is 2. The second-order valence-corrected chi connectivity index (χ2v) is 4.71. The van der Waals surface area contributed by atoms with E-state index in [-0.39, 0.29) is 5.57 Å². The maximum absolute atomic E-state index is 9.23. The Morgan fingerprint density at radius 2 is 1.25 bits per heavy atom. The van der Waals surface area contributed by atoms with Crippen molar-refractivity contribution in [2.45, 2.75) is 13.8 Å². The largest absolute Gasteiger partial charge is 0.192 e. The molecule has 0 amide bonds. The molecule has 0 N–H and O–H groups in total. The van der Waals surface area contributed by atoms with Crippen molar-refractivity contribution in [3.8, 4) is 12.1 Å². The summed E-state index contributed by atoms with van der Waals surface area (Å²) in [4.78, 5) is 0. The summed E-state index contributed by atoms with van der Waals surface area (Å²) in [5, 5.41) is 18.5. The van der Waals surface area contributed by atoms with Crippen molar-refractivity contribution in [3.63, 3.8) is 0 Å². The molecule has 2 rings (SSSR count). The highest BCUT2D eigenvalue weighted by molar-refractivity contribution is 5.86. The number of rotatable bonds is 2. The molecule has 0 saturated carbocycles. The van der Waals surface area contributed by atoms with Gasteiger partial charge in [0.15, 0.2) is 0 Å². The first-order chi connectivity index (χ1) is 9.65. The highest BCUT2D eigenvalue weighted by Gasteiger charge is 2.12. The molecule has 2 nitrogen and oxygen atoms in total. The van der Waals surface area contributed by atoms with Gasteiger partial charge in [0.2, 0.25) is 0 Å². The fourth-order valence-corrected chi connectivity index (χ4v) is 2.19. The van der Waals surface area contributed by atoms with E-state index in [9.17, 15) is 10.5 Å². The van der Waals surface area contributed by atoms with E-state index in [4.69, 9.17) is 0 Å². The SMILES string of the molecule is Cc1cccc(C(=C(C#N)C#N)c2cccc(C)c2)c1. The molecule has 0 aliphatic heterocycles. The van der Waals surface area contributed by atoms with Crippen molar-refractivity contribution in [2.75, 3.05) is 0 Å². The summed E-state index contributed by atoms with van der Waals surface area (Å²) in [6.45, 7) is 3.99. The van der Waals surface area contributed by atoms with Gasteiger partial charge in [-0.25, -0.2) is 0 Å². The summed E-state index contributed by atoms with van der Waals surface area (Å²) in [7, 11) is 0. The molecule has 0 spiro atoms. The Balaban J connectivity index is 2.74. The van der Waals surface area contributed by atoms with Crippen LogP contribution in [0.2, 0.25) is 0 Å². The van der Waals surface area contributed by atoms with Crippen LogP contribution in [-0.4, -0.2) is 0 Å². The van der Waals surface area contributed by atoms with Crippen LogP contribution in [0.1, 0.15) is 22.3 Å². The van der Waals surface area contributed by atoms with Crippen LogP contribution in [0.3, 0.4) is 0 Å². The molecule has 0 fully saturated rings. The van der Waals surface area contributed by atoms with Crippen LogP contribution in [0, 0.1) is 36.5 Å².